The number of nitrogens with two attached hydrogens (primary N) is 1. The number of carbonyl (C=O) groups excluding carboxylic acids is 1. The second kappa shape index (κ2) is 8.49. The molecule has 3 N–H and O–H groups in total. The van der Waals surface area contributed by atoms with E-state index in [1.54, 1.807) is 0 Å². The lowest BCUT2D eigenvalue weighted by molar-refractivity contribution is 0.103. The molecule has 33 heavy (non-hydrogen) atoms. The molecule has 1 aliphatic carbocycles. The topological polar surface area (TPSA) is 80.9 Å². The molecule has 1 unspecified atom stereocenters. The number of halogens is 1. The predicted molar refractivity (Wildman–Crippen MR) is 142 cm³/mol. The normalized spacial score (nSPS) is 16.1. The van der Waals surface area contributed by atoms with E-state index in [2.05, 4.69) is 53.1 Å². The fraction of sp³-hybridized carbons (Fsp3) is 0.320. The van der Waals surface area contributed by atoms with Gasteiger partial charge in [0.05, 0.1) is 11.4 Å². The zero-order valence-corrected chi connectivity index (χ0v) is 22.0. The van der Waals surface area contributed by atoms with Gasteiger partial charge in [0, 0.05) is 26.5 Å². The molecule has 0 saturated carbocycles. The van der Waals surface area contributed by atoms with Crippen LogP contribution >= 0.6 is 38.6 Å². The average Bonchev–Trinajstić information content (AvgIpc) is 3.36. The van der Waals surface area contributed by atoms with E-state index in [0.717, 1.165) is 50.9 Å². The van der Waals surface area contributed by atoms with Crippen molar-refractivity contribution in [2.75, 3.05) is 11.1 Å². The van der Waals surface area contributed by atoms with Crippen LogP contribution in [0.25, 0.3) is 21.5 Å². The molecule has 1 amide bonds. The van der Waals surface area contributed by atoms with E-state index < -0.39 is 0 Å². The smallest absolute Gasteiger partial charge is 0.269 e. The van der Waals surface area contributed by atoms with Gasteiger partial charge in [-0.2, -0.15) is 0 Å². The van der Waals surface area contributed by atoms with Gasteiger partial charge >= 0.3 is 0 Å². The van der Waals surface area contributed by atoms with Crippen LogP contribution in [0.3, 0.4) is 0 Å². The van der Waals surface area contributed by atoms with Crippen LogP contribution in [0.15, 0.2) is 40.2 Å². The number of aryl methyl sites for hydroxylation is 1. The first-order valence-corrected chi connectivity index (χ1v) is 13.4. The average molecular weight is 542 g/mol. The molecule has 0 saturated heterocycles. The number of nitrogens with zero attached hydrogens (tertiary/aromatic N) is 2. The van der Waals surface area contributed by atoms with Crippen LogP contribution in [-0.4, -0.2) is 15.9 Å². The number of anilines is 2. The molecule has 8 heteroatoms. The van der Waals surface area contributed by atoms with E-state index in [1.807, 2.05) is 29.6 Å². The molecule has 3 aromatic heterocycles. The van der Waals surface area contributed by atoms with Gasteiger partial charge in [-0.05, 0) is 54.4 Å². The SMILES string of the molecule is CC(C)(C)C1CCc2nc3sc(C(=O)Nc4nc(-c5ccc(Br)cc5)cs4)c(N)c3cc2C1. The van der Waals surface area contributed by atoms with Crippen molar-refractivity contribution < 1.29 is 4.79 Å². The van der Waals surface area contributed by atoms with Crippen LogP contribution in [0.2, 0.25) is 0 Å². The maximum absolute atomic E-state index is 13.1. The zero-order valence-electron chi connectivity index (χ0n) is 18.7. The summed E-state index contributed by atoms with van der Waals surface area (Å²) in [6.07, 6.45) is 3.13. The Morgan fingerprint density at radius 3 is 2.70 bits per heavy atom. The van der Waals surface area contributed by atoms with Gasteiger partial charge in [-0.3, -0.25) is 10.1 Å². The molecule has 0 radical (unpaired) electrons. The third-order valence-corrected chi connectivity index (χ3v) is 8.78. The minimum Gasteiger partial charge on any atom is -0.397 e. The number of rotatable bonds is 3. The maximum atomic E-state index is 13.1. The molecule has 1 aliphatic rings. The first-order chi connectivity index (χ1) is 15.7. The number of amides is 1. The second-order valence-electron chi connectivity index (χ2n) is 9.60. The lowest BCUT2D eigenvalue weighted by atomic mass is 9.71. The van der Waals surface area contributed by atoms with Gasteiger partial charge in [0.25, 0.3) is 5.91 Å². The summed E-state index contributed by atoms with van der Waals surface area (Å²) in [5, 5.41) is 6.29. The van der Waals surface area contributed by atoms with Crippen LogP contribution in [0, 0.1) is 11.3 Å². The summed E-state index contributed by atoms with van der Waals surface area (Å²) in [6.45, 7) is 6.91. The van der Waals surface area contributed by atoms with Crippen molar-refractivity contribution in [1.29, 1.82) is 0 Å². The Morgan fingerprint density at radius 2 is 1.97 bits per heavy atom. The second-order valence-corrected chi connectivity index (χ2v) is 12.4. The number of carbonyl (C=O) groups is 1. The number of fused-ring (bicyclic) bond motifs is 2. The van der Waals surface area contributed by atoms with E-state index >= 15 is 0 Å². The summed E-state index contributed by atoms with van der Waals surface area (Å²) in [5.41, 5.74) is 11.5. The fourth-order valence-corrected chi connectivity index (χ4v) is 6.31. The molecular weight excluding hydrogens is 516 g/mol. The van der Waals surface area contributed by atoms with E-state index in [4.69, 9.17) is 10.7 Å². The lowest BCUT2D eigenvalue weighted by Crippen LogP contribution is -2.27. The van der Waals surface area contributed by atoms with Crippen molar-refractivity contribution in [2.24, 2.45) is 11.3 Å². The largest absolute Gasteiger partial charge is 0.397 e. The van der Waals surface area contributed by atoms with Crippen molar-refractivity contribution >= 4 is 65.5 Å². The first kappa shape index (κ1) is 22.5. The van der Waals surface area contributed by atoms with E-state index in [0.29, 0.717) is 21.6 Å². The van der Waals surface area contributed by atoms with Crippen molar-refractivity contribution in [2.45, 2.75) is 40.0 Å². The Kier molecular flexibility index (Phi) is 5.79. The van der Waals surface area contributed by atoms with Gasteiger partial charge in [-0.15, -0.1) is 22.7 Å². The van der Waals surface area contributed by atoms with Crippen LogP contribution in [0.4, 0.5) is 10.8 Å². The summed E-state index contributed by atoms with van der Waals surface area (Å²) in [7, 11) is 0. The van der Waals surface area contributed by atoms with Gasteiger partial charge in [0.1, 0.15) is 9.71 Å². The fourth-order valence-electron chi connectivity index (χ4n) is 4.34. The molecule has 3 heterocycles. The van der Waals surface area contributed by atoms with Crippen molar-refractivity contribution in [1.82, 2.24) is 9.97 Å². The number of hydrogen-bond donors (Lipinski definition) is 2. The molecule has 5 nitrogen and oxygen atoms in total. The van der Waals surface area contributed by atoms with Crippen LogP contribution in [0.5, 0.6) is 0 Å². The van der Waals surface area contributed by atoms with E-state index in [1.165, 1.54) is 28.2 Å². The third-order valence-electron chi connectivity index (χ3n) is 6.38. The third kappa shape index (κ3) is 4.44. The Morgan fingerprint density at radius 1 is 1.21 bits per heavy atom. The number of nitrogen functional groups attached to an aromatic ring is 1. The summed E-state index contributed by atoms with van der Waals surface area (Å²) in [6, 6.07) is 10.1. The monoisotopic (exact) mass is 540 g/mol. The first-order valence-electron chi connectivity index (χ1n) is 10.9. The zero-order chi connectivity index (χ0) is 23.3. The number of thiazole rings is 1. The molecule has 4 aromatic rings. The molecule has 1 atom stereocenters. The minimum absolute atomic E-state index is 0.238. The van der Waals surface area contributed by atoms with Crippen molar-refractivity contribution in [3.8, 4) is 11.3 Å². The van der Waals surface area contributed by atoms with Gasteiger partial charge in [0.15, 0.2) is 5.13 Å². The molecule has 170 valence electrons. The molecule has 0 spiro atoms. The maximum Gasteiger partial charge on any atom is 0.269 e. The van der Waals surface area contributed by atoms with Crippen molar-refractivity contribution in [3.05, 3.63) is 56.3 Å². The molecule has 1 aromatic carbocycles. The number of nitrogens with one attached hydrogen (secondary N) is 1. The highest BCUT2D eigenvalue weighted by Crippen LogP contribution is 2.40. The van der Waals surface area contributed by atoms with E-state index in [9.17, 15) is 4.79 Å². The minimum atomic E-state index is -0.238. The number of aromatic nitrogens is 2. The number of benzene rings is 1. The Labute approximate surface area is 209 Å². The van der Waals surface area contributed by atoms with Gasteiger partial charge in [-0.1, -0.05) is 48.8 Å². The summed E-state index contributed by atoms with van der Waals surface area (Å²) >= 11 is 6.20. The Balaban J connectivity index is 1.39. The Bertz CT molecular complexity index is 1350. The highest BCUT2D eigenvalue weighted by Gasteiger charge is 2.30. The molecule has 0 aliphatic heterocycles. The van der Waals surface area contributed by atoms with Crippen LogP contribution < -0.4 is 11.1 Å². The molecule has 0 bridgehead atoms. The van der Waals surface area contributed by atoms with Crippen LogP contribution in [-0.2, 0) is 12.8 Å². The Hall–Kier alpha value is -2.29. The van der Waals surface area contributed by atoms with Gasteiger partial charge in [0.2, 0.25) is 0 Å². The number of pyridine rings is 1. The summed E-state index contributed by atoms with van der Waals surface area (Å²) in [5.74, 6) is 0.384. The highest BCUT2D eigenvalue weighted by atomic mass is 79.9. The summed E-state index contributed by atoms with van der Waals surface area (Å²) < 4.78 is 1.01. The quantitative estimate of drug-likeness (QED) is 0.288. The lowest BCUT2D eigenvalue weighted by Gasteiger charge is -2.34. The van der Waals surface area contributed by atoms with Gasteiger partial charge < -0.3 is 5.73 Å². The molecular formula is C25H25BrN4OS2. The molecule has 5 rings (SSSR count). The highest BCUT2D eigenvalue weighted by molar-refractivity contribution is 9.10. The van der Waals surface area contributed by atoms with Crippen molar-refractivity contribution in [3.63, 3.8) is 0 Å². The number of hydrogen-bond acceptors (Lipinski definition) is 6. The summed E-state index contributed by atoms with van der Waals surface area (Å²) in [4.78, 5) is 23.8. The van der Waals surface area contributed by atoms with Gasteiger partial charge in [-0.25, -0.2) is 9.97 Å². The standard InChI is InChI=1S/C25H25BrN4OS2/c1-25(2,3)15-6-9-18-14(10-15)11-17-20(27)21(33-23(17)28-18)22(31)30-24-29-19(12-32-24)13-4-7-16(26)8-5-13/h4-5,7-8,11-12,15H,6,9-10,27H2,1-3H3,(H,29,30,31). The predicted octanol–water partition coefficient (Wildman–Crippen LogP) is 7.17. The van der Waals surface area contributed by atoms with Crippen LogP contribution in [0.1, 0.15) is 48.1 Å². The molecule has 0 fully saturated rings. The number of thiophene rings is 1. The van der Waals surface area contributed by atoms with E-state index in [-0.39, 0.29) is 11.3 Å².